The molecule has 1 amide bonds. The molecule has 0 fully saturated rings. The number of aliphatic hydroxyl groups excluding tert-OH is 2. The molecule has 0 aliphatic carbocycles. The van der Waals surface area contributed by atoms with Crippen molar-refractivity contribution in [2.75, 3.05) is 25.1 Å². The quantitative estimate of drug-likeness (QED) is 0.279. The van der Waals surface area contributed by atoms with Gasteiger partial charge >= 0.3 is 5.97 Å². The number of nitrogens with one attached hydrogen (secondary N) is 2. The first-order valence-electron chi connectivity index (χ1n) is 10.9. The van der Waals surface area contributed by atoms with Gasteiger partial charge in [-0.25, -0.2) is 4.79 Å². The lowest BCUT2D eigenvalue weighted by molar-refractivity contribution is 0.0696. The maximum atomic E-state index is 12.4. The van der Waals surface area contributed by atoms with E-state index in [0.29, 0.717) is 23.4 Å². The maximum Gasteiger partial charge on any atom is 0.335 e. The van der Waals surface area contributed by atoms with E-state index < -0.39 is 12.1 Å². The Balaban J connectivity index is 1.45. The summed E-state index contributed by atoms with van der Waals surface area (Å²) in [7, 11) is 0. The summed E-state index contributed by atoms with van der Waals surface area (Å²) in [6, 6.07) is 21.9. The molecule has 0 bridgehead atoms. The molecular formula is C26H28N2O6. The number of hydrogen-bond donors (Lipinski definition) is 5. The summed E-state index contributed by atoms with van der Waals surface area (Å²) in [4.78, 5) is 23.3. The predicted octanol–water partition coefficient (Wildman–Crippen LogP) is 2.57. The second kappa shape index (κ2) is 12.5. The minimum atomic E-state index is -1.05. The molecular weight excluding hydrogens is 436 g/mol. The third-order valence-electron chi connectivity index (χ3n) is 5.14. The fourth-order valence-corrected chi connectivity index (χ4v) is 3.25. The third kappa shape index (κ3) is 7.70. The van der Waals surface area contributed by atoms with Crippen LogP contribution in [0, 0.1) is 0 Å². The van der Waals surface area contributed by atoms with Crippen LogP contribution in [0.2, 0.25) is 0 Å². The maximum absolute atomic E-state index is 12.4. The number of rotatable bonds is 12. The van der Waals surface area contributed by atoms with E-state index in [9.17, 15) is 19.8 Å². The first kappa shape index (κ1) is 24.9. The molecule has 3 rings (SSSR count). The van der Waals surface area contributed by atoms with Gasteiger partial charge in [0.25, 0.3) is 5.91 Å². The number of anilines is 1. The molecule has 0 aliphatic rings. The lowest BCUT2D eigenvalue weighted by atomic mass is 10.1. The second-order valence-electron chi connectivity index (χ2n) is 7.80. The van der Waals surface area contributed by atoms with Crippen molar-refractivity contribution in [3.63, 3.8) is 0 Å². The lowest BCUT2D eigenvalue weighted by Gasteiger charge is -2.19. The highest BCUT2D eigenvalue weighted by molar-refractivity contribution is 6.04. The van der Waals surface area contributed by atoms with Gasteiger partial charge in [0, 0.05) is 23.8 Å². The summed E-state index contributed by atoms with van der Waals surface area (Å²) in [6.07, 6.45) is -0.190. The number of aromatic carboxylic acids is 1. The van der Waals surface area contributed by atoms with Gasteiger partial charge in [-0.1, -0.05) is 30.3 Å². The Morgan fingerprint density at radius 1 is 0.882 bits per heavy atom. The van der Waals surface area contributed by atoms with E-state index >= 15 is 0 Å². The summed E-state index contributed by atoms with van der Waals surface area (Å²) in [6.45, 7) is 0.312. The number of aliphatic hydroxyl groups is 2. The smallest absolute Gasteiger partial charge is 0.335 e. The van der Waals surface area contributed by atoms with Crippen LogP contribution in [0.4, 0.5) is 5.69 Å². The lowest BCUT2D eigenvalue weighted by Crippen LogP contribution is -2.41. The number of carboxylic acid groups (broad SMARTS) is 1. The fourth-order valence-electron chi connectivity index (χ4n) is 3.25. The Hall–Kier alpha value is -3.72. The van der Waals surface area contributed by atoms with E-state index in [4.69, 9.17) is 9.84 Å². The van der Waals surface area contributed by atoms with E-state index in [1.54, 1.807) is 12.1 Å². The number of carbonyl (C=O) groups is 2. The molecule has 0 aromatic heterocycles. The zero-order valence-electron chi connectivity index (χ0n) is 18.6. The molecule has 8 heteroatoms. The van der Waals surface area contributed by atoms with Crippen LogP contribution >= 0.6 is 0 Å². The van der Waals surface area contributed by atoms with E-state index in [1.165, 1.54) is 24.3 Å². The van der Waals surface area contributed by atoms with Crippen LogP contribution in [0.5, 0.6) is 5.75 Å². The highest BCUT2D eigenvalue weighted by Crippen LogP contribution is 2.14. The Bertz CT molecular complexity index is 1050. The van der Waals surface area contributed by atoms with Crippen molar-refractivity contribution < 1.29 is 29.6 Å². The summed E-state index contributed by atoms with van der Waals surface area (Å²) in [5, 5.41) is 34.7. The summed E-state index contributed by atoms with van der Waals surface area (Å²) in [5.41, 5.74) is 2.01. The fraction of sp³-hybridized carbons (Fsp3) is 0.231. The molecule has 8 nitrogen and oxygen atoms in total. The zero-order valence-corrected chi connectivity index (χ0v) is 18.6. The van der Waals surface area contributed by atoms with Gasteiger partial charge < -0.3 is 30.7 Å². The van der Waals surface area contributed by atoms with Crippen LogP contribution in [-0.2, 0) is 6.42 Å². The van der Waals surface area contributed by atoms with Gasteiger partial charge in [-0.15, -0.1) is 0 Å². The molecule has 0 heterocycles. The van der Waals surface area contributed by atoms with Crippen molar-refractivity contribution in [1.82, 2.24) is 5.32 Å². The average Bonchev–Trinajstić information content (AvgIpc) is 2.87. The molecule has 5 N–H and O–H groups in total. The molecule has 0 aliphatic heterocycles. The van der Waals surface area contributed by atoms with E-state index in [1.807, 2.05) is 42.5 Å². The molecule has 178 valence electrons. The van der Waals surface area contributed by atoms with Gasteiger partial charge in [0.2, 0.25) is 0 Å². The molecule has 2 atom stereocenters. The van der Waals surface area contributed by atoms with Crippen molar-refractivity contribution in [3.05, 3.63) is 95.6 Å². The van der Waals surface area contributed by atoms with E-state index in [2.05, 4.69) is 10.6 Å². The largest absolute Gasteiger partial charge is 0.491 e. The van der Waals surface area contributed by atoms with Crippen LogP contribution in [-0.4, -0.2) is 59.1 Å². The Morgan fingerprint density at radius 2 is 1.53 bits per heavy atom. The Kier molecular flexibility index (Phi) is 9.16. The van der Waals surface area contributed by atoms with Crippen molar-refractivity contribution in [2.45, 2.75) is 18.6 Å². The third-order valence-corrected chi connectivity index (χ3v) is 5.14. The van der Waals surface area contributed by atoms with Crippen LogP contribution in [0.25, 0.3) is 0 Å². The van der Waals surface area contributed by atoms with Crippen molar-refractivity contribution >= 4 is 17.6 Å². The monoisotopic (exact) mass is 464 g/mol. The zero-order chi connectivity index (χ0) is 24.3. The molecule has 0 saturated carbocycles. The second-order valence-corrected chi connectivity index (χ2v) is 7.80. The topological polar surface area (TPSA) is 128 Å². The number of hydrogen-bond acceptors (Lipinski definition) is 6. The molecule has 0 radical (unpaired) electrons. The van der Waals surface area contributed by atoms with Gasteiger partial charge in [0.1, 0.15) is 18.5 Å². The molecule has 3 aromatic carbocycles. The van der Waals surface area contributed by atoms with Gasteiger partial charge in [0.15, 0.2) is 0 Å². The first-order valence-corrected chi connectivity index (χ1v) is 10.9. The number of benzene rings is 3. The Morgan fingerprint density at radius 3 is 2.15 bits per heavy atom. The van der Waals surface area contributed by atoms with Crippen molar-refractivity contribution in [2.24, 2.45) is 0 Å². The van der Waals surface area contributed by atoms with Gasteiger partial charge in [-0.3, -0.25) is 4.79 Å². The standard InChI is InChI=1S/C26H28N2O6/c29-16-22(27-15-23(30)17-34-24-4-2-1-3-5-24)14-18-6-12-21(13-7-18)28-25(31)19-8-10-20(11-9-19)26(32)33/h1-13,22-23,27,29-30H,14-17H2,(H,28,31)(H,32,33)/t22-,23-/m0/s1. The highest BCUT2D eigenvalue weighted by atomic mass is 16.5. The molecule has 3 aromatic rings. The van der Waals surface area contributed by atoms with E-state index in [-0.39, 0.29) is 37.3 Å². The van der Waals surface area contributed by atoms with Crippen LogP contribution in [0.3, 0.4) is 0 Å². The number of ether oxygens (including phenoxy) is 1. The number of amides is 1. The van der Waals surface area contributed by atoms with Gasteiger partial charge in [-0.2, -0.15) is 0 Å². The average molecular weight is 465 g/mol. The number of carboxylic acids is 1. The van der Waals surface area contributed by atoms with Crippen molar-refractivity contribution in [3.8, 4) is 5.75 Å². The minimum absolute atomic E-state index is 0.100. The van der Waals surface area contributed by atoms with Crippen molar-refractivity contribution in [1.29, 1.82) is 0 Å². The predicted molar refractivity (Wildman–Crippen MR) is 128 cm³/mol. The first-order chi connectivity index (χ1) is 16.4. The number of para-hydroxylation sites is 1. The van der Waals surface area contributed by atoms with Crippen LogP contribution in [0.15, 0.2) is 78.9 Å². The molecule has 0 saturated heterocycles. The summed E-state index contributed by atoms with van der Waals surface area (Å²) < 4.78 is 5.53. The highest BCUT2D eigenvalue weighted by Gasteiger charge is 2.13. The summed E-state index contributed by atoms with van der Waals surface area (Å²) >= 11 is 0. The molecule has 34 heavy (non-hydrogen) atoms. The summed E-state index contributed by atoms with van der Waals surface area (Å²) in [5.74, 6) is -0.704. The van der Waals surface area contributed by atoms with Gasteiger partial charge in [0.05, 0.1) is 12.2 Å². The van der Waals surface area contributed by atoms with Crippen LogP contribution < -0.4 is 15.4 Å². The minimum Gasteiger partial charge on any atom is -0.491 e. The van der Waals surface area contributed by atoms with Crippen LogP contribution in [0.1, 0.15) is 26.3 Å². The molecule has 0 unspecified atom stereocenters. The normalized spacial score (nSPS) is 12.5. The Labute approximate surface area is 197 Å². The SMILES string of the molecule is O=C(O)c1ccc(C(=O)Nc2ccc(C[C@@H](CO)NC[C@H](O)COc3ccccc3)cc2)cc1. The van der Waals surface area contributed by atoms with E-state index in [0.717, 1.165) is 5.56 Å². The number of carbonyl (C=O) groups excluding carboxylic acids is 1. The van der Waals surface area contributed by atoms with Gasteiger partial charge in [-0.05, 0) is 60.5 Å². The molecule has 0 spiro atoms.